The number of β-amino-alcohol motifs (C(OH)–C–C–N with tert-alkyl or cyclic N) is 1. The molecule has 1 fully saturated rings. The number of rotatable bonds is 12. The standard InChI is InChI=1S/C29H38N4O6/c1-23-5-8-25(9-6-23)39-22-29(35)20-31(13-14-32(21-29)28(34)19-36-2)18-24-7-10-26(27(17-24)37-3)38-16-15-33-12-4-11-30-33/h4-12,17,35H,13-16,18-22H2,1-3H3. The van der Waals surface area contributed by atoms with Crippen molar-refractivity contribution in [3.05, 3.63) is 72.1 Å². The monoisotopic (exact) mass is 538 g/mol. The highest BCUT2D eigenvalue weighted by Crippen LogP contribution is 2.29. The molecule has 1 amide bonds. The van der Waals surface area contributed by atoms with E-state index in [1.54, 1.807) is 18.2 Å². The largest absolute Gasteiger partial charge is 0.493 e. The van der Waals surface area contributed by atoms with E-state index in [1.807, 2.05) is 66.3 Å². The molecule has 4 rings (SSSR count). The van der Waals surface area contributed by atoms with Gasteiger partial charge in [-0.05, 0) is 42.8 Å². The van der Waals surface area contributed by atoms with Crippen LogP contribution >= 0.6 is 0 Å². The van der Waals surface area contributed by atoms with Crippen LogP contribution in [0.15, 0.2) is 60.9 Å². The summed E-state index contributed by atoms with van der Waals surface area (Å²) >= 11 is 0. The maximum atomic E-state index is 12.7. The molecule has 1 aliphatic rings. The normalized spacial score (nSPS) is 18.0. The molecule has 0 aliphatic carbocycles. The molecule has 39 heavy (non-hydrogen) atoms. The number of methoxy groups -OCH3 is 2. The number of hydrogen-bond donors (Lipinski definition) is 1. The number of ether oxygens (including phenoxy) is 4. The number of amides is 1. The Balaban J connectivity index is 1.44. The lowest BCUT2D eigenvalue weighted by Crippen LogP contribution is -2.52. The van der Waals surface area contributed by atoms with Gasteiger partial charge in [0.15, 0.2) is 11.5 Å². The van der Waals surface area contributed by atoms with Crippen LogP contribution in [0, 0.1) is 6.92 Å². The number of carbonyl (C=O) groups excluding carboxylic acids is 1. The first-order chi connectivity index (χ1) is 18.9. The summed E-state index contributed by atoms with van der Waals surface area (Å²) < 4.78 is 24.4. The molecule has 2 heterocycles. The van der Waals surface area contributed by atoms with E-state index in [1.165, 1.54) is 7.11 Å². The third-order valence-electron chi connectivity index (χ3n) is 6.61. The van der Waals surface area contributed by atoms with Crippen molar-refractivity contribution in [3.8, 4) is 17.2 Å². The minimum Gasteiger partial charge on any atom is -0.493 e. The highest BCUT2D eigenvalue weighted by atomic mass is 16.5. The summed E-state index contributed by atoms with van der Waals surface area (Å²) in [6.45, 7) is 5.23. The van der Waals surface area contributed by atoms with Gasteiger partial charge in [0.2, 0.25) is 5.91 Å². The Morgan fingerprint density at radius 2 is 1.87 bits per heavy atom. The predicted molar refractivity (Wildman–Crippen MR) is 146 cm³/mol. The summed E-state index contributed by atoms with van der Waals surface area (Å²) in [5.74, 6) is 1.81. The van der Waals surface area contributed by atoms with E-state index in [0.717, 1.165) is 11.1 Å². The Bertz CT molecular complexity index is 1190. The Labute approximate surface area is 229 Å². The van der Waals surface area contributed by atoms with Gasteiger partial charge in [0.25, 0.3) is 0 Å². The smallest absolute Gasteiger partial charge is 0.248 e. The Morgan fingerprint density at radius 3 is 2.59 bits per heavy atom. The fourth-order valence-electron chi connectivity index (χ4n) is 4.62. The van der Waals surface area contributed by atoms with E-state index in [4.69, 9.17) is 18.9 Å². The number of carbonyl (C=O) groups is 1. The maximum Gasteiger partial charge on any atom is 0.248 e. The van der Waals surface area contributed by atoms with E-state index >= 15 is 0 Å². The van der Waals surface area contributed by atoms with Gasteiger partial charge in [0.1, 0.15) is 31.2 Å². The molecule has 1 saturated heterocycles. The maximum absolute atomic E-state index is 12.7. The van der Waals surface area contributed by atoms with Crippen LogP contribution in [-0.4, -0.2) is 96.4 Å². The summed E-state index contributed by atoms with van der Waals surface area (Å²) in [5, 5.41) is 15.9. The number of aliphatic hydroxyl groups is 1. The van der Waals surface area contributed by atoms with E-state index in [2.05, 4.69) is 10.00 Å². The van der Waals surface area contributed by atoms with Gasteiger partial charge >= 0.3 is 0 Å². The van der Waals surface area contributed by atoms with Crippen molar-refractivity contribution in [2.45, 2.75) is 25.6 Å². The first-order valence-corrected chi connectivity index (χ1v) is 13.1. The lowest BCUT2D eigenvalue weighted by molar-refractivity contribution is -0.138. The van der Waals surface area contributed by atoms with Crippen molar-refractivity contribution in [1.82, 2.24) is 19.6 Å². The van der Waals surface area contributed by atoms with Gasteiger partial charge in [-0.25, -0.2) is 0 Å². The third kappa shape index (κ3) is 8.19. The van der Waals surface area contributed by atoms with Crippen LogP contribution in [0.3, 0.4) is 0 Å². The summed E-state index contributed by atoms with van der Waals surface area (Å²) in [7, 11) is 3.11. The first kappa shape index (κ1) is 28.4. The molecule has 2 aromatic carbocycles. The molecule has 3 aromatic rings. The van der Waals surface area contributed by atoms with Crippen molar-refractivity contribution >= 4 is 5.91 Å². The Hall–Kier alpha value is -3.60. The SMILES string of the molecule is COCC(=O)N1CCN(Cc2ccc(OCCn3cccn3)c(OC)c2)CC(O)(COc2ccc(C)cc2)C1. The van der Waals surface area contributed by atoms with Gasteiger partial charge in [0.05, 0.1) is 20.2 Å². The molecule has 10 heteroatoms. The highest BCUT2D eigenvalue weighted by Gasteiger charge is 2.37. The van der Waals surface area contributed by atoms with Gasteiger partial charge in [-0.2, -0.15) is 5.10 Å². The molecule has 0 saturated carbocycles. The van der Waals surface area contributed by atoms with E-state index in [9.17, 15) is 9.90 Å². The van der Waals surface area contributed by atoms with E-state index < -0.39 is 5.60 Å². The predicted octanol–water partition coefficient (Wildman–Crippen LogP) is 2.38. The summed E-state index contributed by atoms with van der Waals surface area (Å²) in [6.07, 6.45) is 3.63. The zero-order chi connectivity index (χ0) is 27.7. The van der Waals surface area contributed by atoms with Gasteiger partial charge < -0.3 is 29.0 Å². The molecule has 0 spiro atoms. The molecular formula is C29H38N4O6. The minimum absolute atomic E-state index is 0.0338. The van der Waals surface area contributed by atoms with Crippen molar-refractivity contribution in [2.24, 2.45) is 0 Å². The summed E-state index contributed by atoms with van der Waals surface area (Å²) in [6, 6.07) is 15.4. The van der Waals surface area contributed by atoms with Gasteiger partial charge in [-0.1, -0.05) is 23.8 Å². The molecule has 0 bridgehead atoms. The van der Waals surface area contributed by atoms with Crippen molar-refractivity contribution < 1.29 is 28.8 Å². The number of aromatic nitrogens is 2. The molecule has 1 aliphatic heterocycles. The number of benzene rings is 2. The molecule has 1 atom stereocenters. The van der Waals surface area contributed by atoms with Crippen LogP contribution in [0.5, 0.6) is 17.2 Å². The van der Waals surface area contributed by atoms with E-state index in [-0.39, 0.29) is 25.7 Å². The fourth-order valence-corrected chi connectivity index (χ4v) is 4.62. The van der Waals surface area contributed by atoms with Crippen LogP contribution in [0.4, 0.5) is 0 Å². The third-order valence-corrected chi connectivity index (χ3v) is 6.61. The lowest BCUT2D eigenvalue weighted by atomic mass is 10.0. The highest BCUT2D eigenvalue weighted by molar-refractivity contribution is 5.77. The molecule has 0 radical (unpaired) electrons. The second-order valence-corrected chi connectivity index (χ2v) is 9.89. The molecular weight excluding hydrogens is 500 g/mol. The number of nitrogens with zero attached hydrogens (tertiary/aromatic N) is 4. The van der Waals surface area contributed by atoms with E-state index in [0.29, 0.717) is 56.6 Å². The van der Waals surface area contributed by atoms with Crippen molar-refractivity contribution in [3.63, 3.8) is 0 Å². The first-order valence-electron chi connectivity index (χ1n) is 13.1. The summed E-state index contributed by atoms with van der Waals surface area (Å²) in [4.78, 5) is 16.5. The topological polar surface area (TPSA) is 98.5 Å². The second-order valence-electron chi connectivity index (χ2n) is 9.89. The number of aryl methyl sites for hydroxylation is 1. The zero-order valence-corrected chi connectivity index (χ0v) is 22.9. The van der Waals surface area contributed by atoms with Gasteiger partial charge in [-0.15, -0.1) is 0 Å². The zero-order valence-electron chi connectivity index (χ0n) is 22.9. The van der Waals surface area contributed by atoms with Crippen LogP contribution in [0.1, 0.15) is 11.1 Å². The molecule has 1 N–H and O–H groups in total. The van der Waals surface area contributed by atoms with Crippen LogP contribution in [-0.2, 0) is 22.6 Å². The van der Waals surface area contributed by atoms with Crippen molar-refractivity contribution in [2.75, 3.05) is 60.2 Å². The molecule has 1 aromatic heterocycles. The summed E-state index contributed by atoms with van der Waals surface area (Å²) in [5.41, 5.74) is 0.859. The minimum atomic E-state index is -1.27. The van der Waals surface area contributed by atoms with Gasteiger partial charge in [-0.3, -0.25) is 14.4 Å². The average Bonchev–Trinajstić information content (AvgIpc) is 3.39. The molecule has 10 nitrogen and oxygen atoms in total. The quantitative estimate of drug-likeness (QED) is 0.375. The van der Waals surface area contributed by atoms with Crippen LogP contribution in [0.2, 0.25) is 0 Å². The Kier molecular flexibility index (Phi) is 9.80. The van der Waals surface area contributed by atoms with Crippen LogP contribution in [0.25, 0.3) is 0 Å². The van der Waals surface area contributed by atoms with Crippen molar-refractivity contribution in [1.29, 1.82) is 0 Å². The Morgan fingerprint density at radius 1 is 1.05 bits per heavy atom. The van der Waals surface area contributed by atoms with Gasteiger partial charge in [0, 0.05) is 45.7 Å². The molecule has 210 valence electrons. The second kappa shape index (κ2) is 13.5. The molecule has 1 unspecified atom stereocenters. The number of hydrogen-bond acceptors (Lipinski definition) is 8. The fraction of sp³-hybridized carbons (Fsp3) is 0.448. The van der Waals surface area contributed by atoms with Crippen LogP contribution < -0.4 is 14.2 Å². The lowest BCUT2D eigenvalue weighted by Gasteiger charge is -2.33. The average molecular weight is 539 g/mol.